The summed E-state index contributed by atoms with van der Waals surface area (Å²) in [7, 11) is 0. The van der Waals surface area contributed by atoms with Gasteiger partial charge in [0.05, 0.1) is 6.61 Å². The third-order valence-electron chi connectivity index (χ3n) is 5.36. The van der Waals surface area contributed by atoms with Gasteiger partial charge < -0.3 is 14.2 Å². The van der Waals surface area contributed by atoms with Gasteiger partial charge in [0.15, 0.2) is 5.82 Å². The number of aromatic nitrogens is 2. The van der Waals surface area contributed by atoms with Gasteiger partial charge in [-0.3, -0.25) is 4.79 Å². The van der Waals surface area contributed by atoms with E-state index >= 15 is 0 Å². The molecule has 6 nitrogen and oxygen atoms in total. The summed E-state index contributed by atoms with van der Waals surface area (Å²) in [6, 6.07) is 0. The van der Waals surface area contributed by atoms with Crippen molar-refractivity contribution in [3.05, 3.63) is 11.7 Å². The fourth-order valence-corrected chi connectivity index (χ4v) is 3.58. The standard InChI is InChI=1S/C16H23N3O3/c20-16(12-2-1-3-12)19-7-4-11(5-8-19)15-17-14(18-22-15)13-6-9-21-10-13/h11-13H,1-10H2/t13-/m0/s1. The number of likely N-dealkylation sites (tertiary alicyclic amines) is 1. The molecule has 0 unspecified atom stereocenters. The second kappa shape index (κ2) is 5.99. The average Bonchev–Trinajstić information content (AvgIpc) is 3.16. The van der Waals surface area contributed by atoms with Gasteiger partial charge in [-0.25, -0.2) is 0 Å². The highest BCUT2D eigenvalue weighted by molar-refractivity contribution is 5.79. The third kappa shape index (κ3) is 2.64. The van der Waals surface area contributed by atoms with Crippen molar-refractivity contribution in [2.75, 3.05) is 26.3 Å². The molecule has 0 spiro atoms. The van der Waals surface area contributed by atoms with Crippen LogP contribution < -0.4 is 0 Å². The lowest BCUT2D eigenvalue weighted by molar-refractivity contribution is -0.139. The summed E-state index contributed by atoms with van der Waals surface area (Å²) in [5.41, 5.74) is 0. The fraction of sp³-hybridized carbons (Fsp3) is 0.812. The zero-order chi connectivity index (χ0) is 14.9. The summed E-state index contributed by atoms with van der Waals surface area (Å²) in [4.78, 5) is 18.9. The van der Waals surface area contributed by atoms with Crippen LogP contribution in [-0.2, 0) is 9.53 Å². The van der Waals surface area contributed by atoms with Crippen molar-refractivity contribution < 1.29 is 14.1 Å². The van der Waals surface area contributed by atoms with E-state index in [2.05, 4.69) is 10.1 Å². The molecule has 3 heterocycles. The highest BCUT2D eigenvalue weighted by Gasteiger charge is 2.33. The SMILES string of the molecule is O=C(C1CCC1)N1CCC(c2nc([C@H]3CCOC3)no2)CC1. The number of rotatable bonds is 3. The van der Waals surface area contributed by atoms with Crippen LogP contribution in [0.3, 0.4) is 0 Å². The molecule has 1 atom stereocenters. The summed E-state index contributed by atoms with van der Waals surface area (Å²) < 4.78 is 10.9. The lowest BCUT2D eigenvalue weighted by Crippen LogP contribution is -2.43. The van der Waals surface area contributed by atoms with Crippen LogP contribution in [0.4, 0.5) is 0 Å². The van der Waals surface area contributed by atoms with E-state index in [0.717, 1.165) is 63.5 Å². The summed E-state index contributed by atoms with van der Waals surface area (Å²) in [5.74, 6) is 2.79. The first kappa shape index (κ1) is 14.2. The van der Waals surface area contributed by atoms with E-state index in [1.807, 2.05) is 4.90 Å². The first-order valence-corrected chi connectivity index (χ1v) is 8.51. The van der Waals surface area contributed by atoms with Gasteiger partial charge in [-0.15, -0.1) is 0 Å². The van der Waals surface area contributed by atoms with Crippen LogP contribution in [0, 0.1) is 5.92 Å². The number of nitrogens with zero attached hydrogens (tertiary/aromatic N) is 3. The maximum absolute atomic E-state index is 12.3. The number of carbonyl (C=O) groups is 1. The Bertz CT molecular complexity index is 526. The molecule has 0 aromatic carbocycles. The van der Waals surface area contributed by atoms with Crippen LogP contribution in [0.15, 0.2) is 4.52 Å². The van der Waals surface area contributed by atoms with Gasteiger partial charge in [-0.05, 0) is 32.1 Å². The Morgan fingerprint density at radius 2 is 1.91 bits per heavy atom. The minimum atomic E-state index is 0.290. The Balaban J connectivity index is 1.34. The molecule has 1 saturated carbocycles. The second-order valence-electron chi connectivity index (χ2n) is 6.78. The van der Waals surface area contributed by atoms with E-state index in [9.17, 15) is 4.79 Å². The minimum absolute atomic E-state index is 0.290. The van der Waals surface area contributed by atoms with Crippen LogP contribution in [-0.4, -0.2) is 47.3 Å². The van der Waals surface area contributed by atoms with Gasteiger partial charge in [0.1, 0.15) is 0 Å². The van der Waals surface area contributed by atoms with Gasteiger partial charge in [0, 0.05) is 37.5 Å². The van der Waals surface area contributed by atoms with Crippen molar-refractivity contribution >= 4 is 5.91 Å². The van der Waals surface area contributed by atoms with Gasteiger partial charge in [-0.2, -0.15) is 4.98 Å². The van der Waals surface area contributed by atoms with Gasteiger partial charge in [-0.1, -0.05) is 11.6 Å². The topological polar surface area (TPSA) is 68.5 Å². The van der Waals surface area contributed by atoms with Crippen molar-refractivity contribution in [3.63, 3.8) is 0 Å². The first-order chi connectivity index (χ1) is 10.8. The summed E-state index contributed by atoms with van der Waals surface area (Å²) >= 11 is 0. The Morgan fingerprint density at radius 1 is 1.09 bits per heavy atom. The molecule has 0 N–H and O–H groups in total. The van der Waals surface area contributed by atoms with Crippen LogP contribution in [0.5, 0.6) is 0 Å². The van der Waals surface area contributed by atoms with Crippen molar-refractivity contribution in [3.8, 4) is 0 Å². The van der Waals surface area contributed by atoms with Gasteiger partial charge in [0.2, 0.25) is 11.8 Å². The molecule has 2 aliphatic heterocycles. The molecule has 0 radical (unpaired) electrons. The first-order valence-electron chi connectivity index (χ1n) is 8.51. The number of ether oxygens (including phenoxy) is 1. The molecule has 4 rings (SSSR count). The molecule has 22 heavy (non-hydrogen) atoms. The van der Waals surface area contributed by atoms with Gasteiger partial charge in [0.25, 0.3) is 0 Å². The summed E-state index contributed by atoms with van der Waals surface area (Å²) in [6.07, 6.45) is 6.21. The largest absolute Gasteiger partial charge is 0.381 e. The van der Waals surface area contributed by atoms with Crippen molar-refractivity contribution in [1.82, 2.24) is 15.0 Å². The maximum Gasteiger partial charge on any atom is 0.229 e. The van der Waals surface area contributed by atoms with Crippen molar-refractivity contribution in [2.24, 2.45) is 5.92 Å². The number of hydrogen-bond donors (Lipinski definition) is 0. The molecule has 1 aromatic rings. The Labute approximate surface area is 130 Å². The predicted molar refractivity (Wildman–Crippen MR) is 78.4 cm³/mol. The molecular weight excluding hydrogens is 282 g/mol. The predicted octanol–water partition coefficient (Wildman–Crippen LogP) is 2.08. The van der Waals surface area contributed by atoms with E-state index in [-0.39, 0.29) is 5.92 Å². The Morgan fingerprint density at radius 3 is 2.55 bits per heavy atom. The zero-order valence-corrected chi connectivity index (χ0v) is 12.9. The molecule has 2 saturated heterocycles. The molecule has 1 aliphatic carbocycles. The summed E-state index contributed by atoms with van der Waals surface area (Å²) in [6.45, 7) is 3.14. The van der Waals surface area contributed by atoms with Crippen LogP contribution in [0.2, 0.25) is 0 Å². The maximum atomic E-state index is 12.3. The lowest BCUT2D eigenvalue weighted by Gasteiger charge is -2.35. The number of carbonyl (C=O) groups excluding carboxylic acids is 1. The monoisotopic (exact) mass is 305 g/mol. The number of amides is 1. The van der Waals surface area contributed by atoms with Crippen LogP contribution in [0.25, 0.3) is 0 Å². The fourth-order valence-electron chi connectivity index (χ4n) is 3.58. The van der Waals surface area contributed by atoms with Crippen molar-refractivity contribution in [1.29, 1.82) is 0 Å². The second-order valence-corrected chi connectivity index (χ2v) is 6.78. The van der Waals surface area contributed by atoms with E-state index in [0.29, 0.717) is 24.3 Å². The molecular formula is C16H23N3O3. The zero-order valence-electron chi connectivity index (χ0n) is 12.9. The summed E-state index contributed by atoms with van der Waals surface area (Å²) in [5, 5.41) is 4.13. The molecule has 1 aromatic heterocycles. The lowest BCUT2D eigenvalue weighted by atomic mass is 9.83. The van der Waals surface area contributed by atoms with E-state index < -0.39 is 0 Å². The normalized spacial score (nSPS) is 27.1. The Kier molecular flexibility index (Phi) is 3.86. The van der Waals surface area contributed by atoms with E-state index in [1.165, 1.54) is 6.42 Å². The van der Waals surface area contributed by atoms with Gasteiger partial charge >= 0.3 is 0 Å². The smallest absolute Gasteiger partial charge is 0.229 e. The molecule has 3 aliphatic rings. The van der Waals surface area contributed by atoms with Crippen LogP contribution >= 0.6 is 0 Å². The molecule has 1 amide bonds. The molecule has 6 heteroatoms. The molecule has 3 fully saturated rings. The minimum Gasteiger partial charge on any atom is -0.381 e. The van der Waals surface area contributed by atoms with Crippen LogP contribution in [0.1, 0.15) is 62.1 Å². The third-order valence-corrected chi connectivity index (χ3v) is 5.36. The van der Waals surface area contributed by atoms with Crippen molar-refractivity contribution in [2.45, 2.75) is 50.4 Å². The Hall–Kier alpha value is -1.43. The highest BCUT2D eigenvalue weighted by atomic mass is 16.5. The van der Waals surface area contributed by atoms with E-state index in [1.54, 1.807) is 0 Å². The number of hydrogen-bond acceptors (Lipinski definition) is 5. The number of piperidine rings is 1. The molecule has 0 bridgehead atoms. The molecule has 120 valence electrons. The highest BCUT2D eigenvalue weighted by Crippen LogP contribution is 2.33. The quantitative estimate of drug-likeness (QED) is 0.855. The van der Waals surface area contributed by atoms with E-state index in [4.69, 9.17) is 9.26 Å². The average molecular weight is 305 g/mol.